The van der Waals surface area contributed by atoms with Crippen molar-refractivity contribution < 1.29 is 9.53 Å². The van der Waals surface area contributed by atoms with Gasteiger partial charge in [-0.1, -0.05) is 46.2 Å². The summed E-state index contributed by atoms with van der Waals surface area (Å²) in [4.78, 5) is 12.6. The standard InChI is InChI=1S/C17H28ClN3O2/c1-10(2)13-12(15(18)21(6)20-13)16(22)19-9-11-7-8-23-14(11)17(3,4)5/h10-11,14H,7-9H2,1-6H3,(H,19,22). The largest absolute Gasteiger partial charge is 0.377 e. The highest BCUT2D eigenvalue weighted by Crippen LogP contribution is 2.34. The van der Waals surface area contributed by atoms with Crippen molar-refractivity contribution in [3.05, 3.63) is 16.4 Å². The minimum absolute atomic E-state index is 0.0704. The summed E-state index contributed by atoms with van der Waals surface area (Å²) in [6.45, 7) is 11.9. The molecule has 0 radical (unpaired) electrons. The van der Waals surface area contributed by atoms with E-state index in [0.717, 1.165) is 18.7 Å². The van der Waals surface area contributed by atoms with Crippen LogP contribution in [0.3, 0.4) is 0 Å². The average molecular weight is 342 g/mol. The van der Waals surface area contributed by atoms with Crippen LogP contribution in [0, 0.1) is 11.3 Å². The second-order valence-electron chi connectivity index (χ2n) is 7.75. The fraction of sp³-hybridized carbons (Fsp3) is 0.765. The molecule has 2 atom stereocenters. The predicted octanol–water partition coefficient (Wildman–Crippen LogP) is 3.38. The van der Waals surface area contributed by atoms with E-state index in [9.17, 15) is 4.79 Å². The Hall–Kier alpha value is -1.07. The molecule has 130 valence electrons. The van der Waals surface area contributed by atoms with Crippen molar-refractivity contribution in [3.8, 4) is 0 Å². The van der Waals surface area contributed by atoms with Gasteiger partial charge in [0.2, 0.25) is 0 Å². The summed E-state index contributed by atoms with van der Waals surface area (Å²) in [6, 6.07) is 0. The SMILES string of the molecule is CC(C)c1nn(C)c(Cl)c1C(=O)NCC1CCOC1C(C)(C)C. The lowest BCUT2D eigenvalue weighted by Crippen LogP contribution is -2.39. The van der Waals surface area contributed by atoms with E-state index in [1.165, 1.54) is 0 Å². The Labute approximate surface area is 143 Å². The highest BCUT2D eigenvalue weighted by molar-refractivity contribution is 6.33. The molecule has 1 aromatic rings. The molecule has 1 N–H and O–H groups in total. The maximum atomic E-state index is 12.6. The third-order valence-corrected chi connectivity index (χ3v) is 4.80. The van der Waals surface area contributed by atoms with E-state index in [0.29, 0.717) is 23.2 Å². The monoisotopic (exact) mass is 341 g/mol. The lowest BCUT2D eigenvalue weighted by atomic mass is 9.81. The second-order valence-corrected chi connectivity index (χ2v) is 8.10. The number of amides is 1. The van der Waals surface area contributed by atoms with Gasteiger partial charge in [-0.2, -0.15) is 5.10 Å². The number of aromatic nitrogens is 2. The normalized spacial score (nSPS) is 21.9. The Morgan fingerprint density at radius 1 is 1.48 bits per heavy atom. The zero-order valence-corrected chi connectivity index (χ0v) is 15.7. The van der Waals surface area contributed by atoms with E-state index < -0.39 is 0 Å². The van der Waals surface area contributed by atoms with Crippen molar-refractivity contribution in [2.45, 2.75) is 53.1 Å². The number of nitrogens with one attached hydrogen (secondary N) is 1. The van der Waals surface area contributed by atoms with Crippen LogP contribution in [0.1, 0.15) is 63.0 Å². The molecule has 0 bridgehead atoms. The Morgan fingerprint density at radius 2 is 2.13 bits per heavy atom. The Kier molecular flexibility index (Phi) is 5.41. The number of carbonyl (C=O) groups excluding carboxylic acids is 1. The summed E-state index contributed by atoms with van der Waals surface area (Å²) in [5.41, 5.74) is 1.31. The molecule has 0 aliphatic carbocycles. The summed E-state index contributed by atoms with van der Waals surface area (Å²) in [5, 5.41) is 7.79. The first-order chi connectivity index (χ1) is 10.6. The lowest BCUT2D eigenvalue weighted by molar-refractivity contribution is 0.00737. The van der Waals surface area contributed by atoms with E-state index in [2.05, 4.69) is 31.2 Å². The zero-order chi connectivity index (χ0) is 17.4. The van der Waals surface area contributed by atoms with Gasteiger partial charge in [0.15, 0.2) is 0 Å². The van der Waals surface area contributed by atoms with Crippen LogP contribution in [0.4, 0.5) is 0 Å². The highest BCUT2D eigenvalue weighted by atomic mass is 35.5. The van der Waals surface area contributed by atoms with E-state index in [-0.39, 0.29) is 23.3 Å². The number of rotatable bonds is 4. The number of aryl methyl sites for hydroxylation is 1. The van der Waals surface area contributed by atoms with Gasteiger partial charge in [0.05, 0.1) is 17.4 Å². The molecule has 1 amide bonds. The Morgan fingerprint density at radius 3 is 2.70 bits per heavy atom. The van der Waals surface area contributed by atoms with Crippen LogP contribution >= 0.6 is 11.6 Å². The Balaban J connectivity index is 2.09. The van der Waals surface area contributed by atoms with Crippen molar-refractivity contribution in [2.24, 2.45) is 18.4 Å². The van der Waals surface area contributed by atoms with E-state index >= 15 is 0 Å². The molecule has 23 heavy (non-hydrogen) atoms. The molecule has 1 fully saturated rings. The fourth-order valence-electron chi connectivity index (χ4n) is 3.25. The van der Waals surface area contributed by atoms with Crippen LogP contribution in [-0.4, -0.2) is 34.9 Å². The van der Waals surface area contributed by atoms with Gasteiger partial charge in [-0.15, -0.1) is 0 Å². The van der Waals surface area contributed by atoms with Gasteiger partial charge in [-0.25, -0.2) is 0 Å². The van der Waals surface area contributed by atoms with Gasteiger partial charge in [0.1, 0.15) is 5.15 Å². The topological polar surface area (TPSA) is 56.2 Å². The Bertz CT molecular complexity index is 575. The van der Waals surface area contributed by atoms with Crippen LogP contribution in [0.15, 0.2) is 0 Å². The first-order valence-electron chi connectivity index (χ1n) is 8.25. The van der Waals surface area contributed by atoms with Gasteiger partial charge < -0.3 is 10.1 Å². The van der Waals surface area contributed by atoms with Gasteiger partial charge in [0, 0.05) is 26.1 Å². The van der Waals surface area contributed by atoms with E-state index in [4.69, 9.17) is 16.3 Å². The minimum Gasteiger partial charge on any atom is -0.377 e. The number of ether oxygens (including phenoxy) is 1. The van der Waals surface area contributed by atoms with Crippen molar-refractivity contribution in [2.75, 3.05) is 13.2 Å². The van der Waals surface area contributed by atoms with Gasteiger partial charge in [0.25, 0.3) is 5.91 Å². The molecule has 0 aromatic carbocycles. The summed E-state index contributed by atoms with van der Waals surface area (Å²) in [6.07, 6.45) is 1.14. The summed E-state index contributed by atoms with van der Waals surface area (Å²) in [7, 11) is 1.76. The number of hydrogen-bond donors (Lipinski definition) is 1. The molecule has 6 heteroatoms. The van der Waals surface area contributed by atoms with Crippen molar-refractivity contribution in [3.63, 3.8) is 0 Å². The van der Waals surface area contributed by atoms with Crippen LogP contribution in [0.5, 0.6) is 0 Å². The maximum Gasteiger partial charge on any atom is 0.256 e. The molecule has 1 aromatic heterocycles. The third kappa shape index (κ3) is 3.89. The molecule has 1 aliphatic rings. The van der Waals surface area contributed by atoms with Crippen molar-refractivity contribution in [1.29, 1.82) is 0 Å². The fourth-order valence-corrected chi connectivity index (χ4v) is 3.47. The average Bonchev–Trinajstić information content (AvgIpc) is 3.02. The first-order valence-corrected chi connectivity index (χ1v) is 8.63. The van der Waals surface area contributed by atoms with Gasteiger partial charge in [-0.05, 0) is 17.8 Å². The second kappa shape index (κ2) is 6.81. The van der Waals surface area contributed by atoms with Crippen LogP contribution < -0.4 is 5.32 Å². The molecular formula is C17H28ClN3O2. The maximum absolute atomic E-state index is 12.6. The van der Waals surface area contributed by atoms with E-state index in [1.807, 2.05) is 13.8 Å². The number of nitrogens with zero attached hydrogens (tertiary/aromatic N) is 2. The lowest BCUT2D eigenvalue weighted by Gasteiger charge is -2.31. The molecule has 0 saturated carbocycles. The number of halogens is 1. The highest BCUT2D eigenvalue weighted by Gasteiger charge is 2.37. The summed E-state index contributed by atoms with van der Waals surface area (Å²) >= 11 is 6.26. The zero-order valence-electron chi connectivity index (χ0n) is 14.9. The van der Waals surface area contributed by atoms with E-state index in [1.54, 1.807) is 11.7 Å². The van der Waals surface area contributed by atoms with Crippen LogP contribution in [0.25, 0.3) is 0 Å². The number of hydrogen-bond acceptors (Lipinski definition) is 3. The molecule has 2 unspecified atom stereocenters. The van der Waals surface area contributed by atoms with Crippen molar-refractivity contribution in [1.82, 2.24) is 15.1 Å². The quantitative estimate of drug-likeness (QED) is 0.913. The molecule has 2 heterocycles. The smallest absolute Gasteiger partial charge is 0.256 e. The summed E-state index contributed by atoms with van der Waals surface area (Å²) in [5.74, 6) is 0.329. The van der Waals surface area contributed by atoms with Gasteiger partial charge in [-0.3, -0.25) is 9.48 Å². The molecule has 2 rings (SSSR count). The number of carbonyl (C=O) groups is 1. The molecule has 0 spiro atoms. The minimum atomic E-state index is -0.147. The molecule has 1 saturated heterocycles. The molecule has 5 nitrogen and oxygen atoms in total. The van der Waals surface area contributed by atoms with Gasteiger partial charge >= 0.3 is 0 Å². The summed E-state index contributed by atoms with van der Waals surface area (Å²) < 4.78 is 7.42. The van der Waals surface area contributed by atoms with Crippen LogP contribution in [-0.2, 0) is 11.8 Å². The molecule has 1 aliphatic heterocycles. The first kappa shape index (κ1) is 18.3. The predicted molar refractivity (Wildman–Crippen MR) is 91.9 cm³/mol. The van der Waals surface area contributed by atoms with Crippen molar-refractivity contribution >= 4 is 17.5 Å². The third-order valence-electron chi connectivity index (χ3n) is 4.37. The molecular weight excluding hydrogens is 314 g/mol. The van der Waals surface area contributed by atoms with Crippen LogP contribution in [0.2, 0.25) is 5.15 Å².